The number of rotatable bonds is 4. The fourth-order valence-electron chi connectivity index (χ4n) is 3.47. The summed E-state index contributed by atoms with van der Waals surface area (Å²) in [6.45, 7) is 6.65. The van der Waals surface area contributed by atoms with Crippen LogP contribution in [-0.4, -0.2) is 68.4 Å². The lowest BCUT2D eigenvalue weighted by Gasteiger charge is -2.36. The smallest absolute Gasteiger partial charge is 0.339 e. The number of piperazine rings is 1. The number of aromatic nitrogens is 3. The van der Waals surface area contributed by atoms with E-state index in [-0.39, 0.29) is 18.1 Å². The van der Waals surface area contributed by atoms with Gasteiger partial charge in [0.2, 0.25) is 5.91 Å². The average Bonchev–Trinajstić information content (AvgIpc) is 2.83. The Morgan fingerprint density at radius 2 is 1.88 bits per heavy atom. The van der Waals surface area contributed by atoms with Crippen LogP contribution in [0.25, 0.3) is 0 Å². The van der Waals surface area contributed by atoms with Crippen LogP contribution < -0.4 is 5.69 Å². The van der Waals surface area contributed by atoms with Crippen molar-refractivity contribution in [2.45, 2.75) is 51.9 Å². The van der Waals surface area contributed by atoms with Crippen molar-refractivity contribution in [1.29, 1.82) is 0 Å². The van der Waals surface area contributed by atoms with Gasteiger partial charge in [0, 0.05) is 45.7 Å². The molecule has 0 saturated carbocycles. The lowest BCUT2D eigenvalue weighted by atomic mass is 10.1. The minimum Gasteiger partial charge on any atom is -0.339 e. The van der Waals surface area contributed by atoms with Crippen LogP contribution in [0.4, 0.5) is 4.39 Å². The topological polar surface area (TPSA) is 63.4 Å². The first-order valence-corrected chi connectivity index (χ1v) is 8.69. The van der Waals surface area contributed by atoms with E-state index in [2.05, 4.69) is 5.10 Å². The third-order valence-electron chi connectivity index (χ3n) is 4.64. The van der Waals surface area contributed by atoms with Crippen molar-refractivity contribution >= 4 is 5.91 Å². The predicted octanol–water partition coefficient (Wildman–Crippen LogP) is 0.273. The number of aryl methyl sites for hydroxylation is 1. The molecule has 0 atom stereocenters. The van der Waals surface area contributed by atoms with E-state index in [1.54, 1.807) is 23.3 Å². The summed E-state index contributed by atoms with van der Waals surface area (Å²) in [5, 5.41) is 4.31. The second-order valence-electron chi connectivity index (χ2n) is 7.34. The zero-order valence-corrected chi connectivity index (χ0v) is 14.5. The molecule has 0 unspecified atom stereocenters. The first kappa shape index (κ1) is 17.1. The zero-order valence-electron chi connectivity index (χ0n) is 14.5. The van der Waals surface area contributed by atoms with Crippen LogP contribution in [0.15, 0.2) is 4.79 Å². The van der Waals surface area contributed by atoms with Gasteiger partial charge in [-0.1, -0.05) is 0 Å². The first-order valence-electron chi connectivity index (χ1n) is 8.69. The molecule has 7 nitrogen and oxygen atoms in total. The number of hydrogen-bond acceptors (Lipinski definition) is 4. The Hall–Kier alpha value is -1.70. The SMILES string of the molecule is CC(C)(F)CN1CCN(C(=O)Cn2nc3n(c2=O)CCCC3)CC1. The van der Waals surface area contributed by atoms with Crippen LogP contribution in [0, 0.1) is 0 Å². The van der Waals surface area contributed by atoms with E-state index in [1.807, 2.05) is 4.90 Å². The van der Waals surface area contributed by atoms with Crippen molar-refractivity contribution in [2.75, 3.05) is 32.7 Å². The summed E-state index contributed by atoms with van der Waals surface area (Å²) in [6.07, 6.45) is 2.82. The molecule has 3 heterocycles. The molecule has 1 amide bonds. The van der Waals surface area contributed by atoms with Crippen LogP contribution in [0.3, 0.4) is 0 Å². The molecule has 0 bridgehead atoms. The number of hydrogen-bond donors (Lipinski definition) is 0. The molecular weight excluding hydrogens is 313 g/mol. The Kier molecular flexibility index (Phi) is 4.76. The first-order chi connectivity index (χ1) is 11.3. The van der Waals surface area contributed by atoms with Gasteiger partial charge in [0.05, 0.1) is 0 Å². The van der Waals surface area contributed by atoms with Gasteiger partial charge in [-0.2, -0.15) is 5.10 Å². The molecule has 0 aromatic carbocycles. The van der Waals surface area contributed by atoms with E-state index in [0.717, 1.165) is 25.1 Å². The summed E-state index contributed by atoms with van der Waals surface area (Å²) in [5.41, 5.74) is -1.41. The summed E-state index contributed by atoms with van der Waals surface area (Å²) >= 11 is 0. The predicted molar refractivity (Wildman–Crippen MR) is 87.6 cm³/mol. The van der Waals surface area contributed by atoms with Crippen molar-refractivity contribution < 1.29 is 9.18 Å². The van der Waals surface area contributed by atoms with Crippen molar-refractivity contribution in [2.24, 2.45) is 0 Å². The maximum Gasteiger partial charge on any atom is 0.346 e. The summed E-state index contributed by atoms with van der Waals surface area (Å²) in [4.78, 5) is 28.5. The van der Waals surface area contributed by atoms with Crippen LogP contribution in [0.1, 0.15) is 32.5 Å². The maximum atomic E-state index is 13.7. The van der Waals surface area contributed by atoms with Crippen LogP contribution >= 0.6 is 0 Å². The number of amides is 1. The van der Waals surface area contributed by atoms with Gasteiger partial charge < -0.3 is 4.90 Å². The largest absolute Gasteiger partial charge is 0.346 e. The standard InChI is InChI=1S/C16H26FN5O2/c1-16(2,17)12-19-7-9-20(10-8-19)14(23)11-22-15(24)21-6-4-3-5-13(21)18-22/h3-12H2,1-2H3. The Morgan fingerprint density at radius 1 is 1.17 bits per heavy atom. The van der Waals surface area contributed by atoms with Crippen molar-refractivity contribution in [3.63, 3.8) is 0 Å². The number of halogens is 1. The number of carbonyl (C=O) groups is 1. The maximum absolute atomic E-state index is 13.7. The van der Waals surface area contributed by atoms with Crippen LogP contribution in [0.5, 0.6) is 0 Å². The molecule has 134 valence electrons. The van der Waals surface area contributed by atoms with Crippen molar-refractivity contribution in [3.8, 4) is 0 Å². The highest BCUT2D eigenvalue weighted by atomic mass is 19.1. The minimum absolute atomic E-state index is 0.00651. The Bertz CT molecular complexity index is 652. The minimum atomic E-state index is -1.23. The zero-order chi connectivity index (χ0) is 17.3. The lowest BCUT2D eigenvalue weighted by Crippen LogP contribution is -2.52. The Morgan fingerprint density at radius 3 is 2.50 bits per heavy atom. The molecule has 0 N–H and O–H groups in total. The third-order valence-corrected chi connectivity index (χ3v) is 4.64. The van der Waals surface area contributed by atoms with Crippen LogP contribution in [-0.2, 0) is 24.3 Å². The highest BCUT2D eigenvalue weighted by Gasteiger charge is 2.27. The number of fused-ring (bicyclic) bond motifs is 1. The van der Waals surface area contributed by atoms with Gasteiger partial charge in [-0.3, -0.25) is 14.3 Å². The molecule has 2 aliphatic rings. The summed E-state index contributed by atoms with van der Waals surface area (Å²) < 4.78 is 16.7. The summed E-state index contributed by atoms with van der Waals surface area (Å²) in [6, 6.07) is 0. The van der Waals surface area contributed by atoms with Gasteiger partial charge in [-0.05, 0) is 26.7 Å². The summed E-state index contributed by atoms with van der Waals surface area (Å²) in [7, 11) is 0. The van der Waals surface area contributed by atoms with E-state index in [0.29, 0.717) is 39.3 Å². The molecule has 1 aromatic heterocycles. The van der Waals surface area contributed by atoms with Gasteiger partial charge in [0.15, 0.2) is 0 Å². The molecule has 0 spiro atoms. The molecule has 0 aliphatic carbocycles. The second kappa shape index (κ2) is 6.66. The van der Waals surface area contributed by atoms with Gasteiger partial charge in [-0.25, -0.2) is 13.9 Å². The Labute approximate surface area is 141 Å². The van der Waals surface area contributed by atoms with E-state index < -0.39 is 5.67 Å². The Balaban J connectivity index is 1.57. The normalized spacial score (nSPS) is 19.4. The molecule has 8 heteroatoms. The van der Waals surface area contributed by atoms with Gasteiger partial charge in [0.25, 0.3) is 0 Å². The molecule has 1 saturated heterocycles. The highest BCUT2D eigenvalue weighted by molar-refractivity contribution is 5.76. The number of carbonyl (C=O) groups excluding carboxylic acids is 1. The average molecular weight is 339 g/mol. The fraction of sp³-hybridized carbons (Fsp3) is 0.812. The van der Waals surface area contributed by atoms with Crippen molar-refractivity contribution in [1.82, 2.24) is 24.1 Å². The number of nitrogens with zero attached hydrogens (tertiary/aromatic N) is 5. The molecule has 1 aromatic rings. The van der Waals surface area contributed by atoms with Gasteiger partial charge >= 0.3 is 5.69 Å². The summed E-state index contributed by atoms with van der Waals surface area (Å²) in [5.74, 6) is 0.695. The molecular formula is C16H26FN5O2. The molecule has 1 fully saturated rings. The lowest BCUT2D eigenvalue weighted by molar-refractivity contribution is -0.134. The van der Waals surface area contributed by atoms with E-state index in [4.69, 9.17) is 0 Å². The number of alkyl halides is 1. The molecule has 3 rings (SSSR count). The van der Waals surface area contributed by atoms with Gasteiger partial charge in [0.1, 0.15) is 18.0 Å². The van der Waals surface area contributed by atoms with E-state index >= 15 is 0 Å². The molecule has 24 heavy (non-hydrogen) atoms. The van der Waals surface area contributed by atoms with Crippen LogP contribution in [0.2, 0.25) is 0 Å². The fourth-order valence-corrected chi connectivity index (χ4v) is 3.47. The van der Waals surface area contributed by atoms with E-state index in [1.165, 1.54) is 4.68 Å². The van der Waals surface area contributed by atoms with Crippen molar-refractivity contribution in [3.05, 3.63) is 16.3 Å². The van der Waals surface area contributed by atoms with E-state index in [9.17, 15) is 14.0 Å². The molecule has 0 radical (unpaired) electrons. The molecule has 2 aliphatic heterocycles. The highest BCUT2D eigenvalue weighted by Crippen LogP contribution is 2.13. The third kappa shape index (κ3) is 3.85. The quantitative estimate of drug-likeness (QED) is 0.790. The second-order valence-corrected chi connectivity index (χ2v) is 7.34. The van der Waals surface area contributed by atoms with Gasteiger partial charge in [-0.15, -0.1) is 0 Å². The monoisotopic (exact) mass is 339 g/mol.